The van der Waals surface area contributed by atoms with Crippen LogP contribution in [0.15, 0.2) is 58.7 Å². The maximum absolute atomic E-state index is 11.5. The first-order valence-electron chi connectivity index (χ1n) is 6.44. The molecule has 0 aliphatic rings. The maximum atomic E-state index is 11.5. The minimum Gasteiger partial charge on any atom is -0.312 e. The molecule has 0 radical (unpaired) electrons. The average molecular weight is 310 g/mol. The Morgan fingerprint density at radius 1 is 1.00 bits per heavy atom. The lowest BCUT2D eigenvalue weighted by atomic mass is 10.2. The number of hydrogen-bond donors (Lipinski definition) is 1. The summed E-state index contributed by atoms with van der Waals surface area (Å²) in [5.41, 5.74) is 3.96. The van der Waals surface area contributed by atoms with Gasteiger partial charge in [-0.2, -0.15) is 0 Å². The van der Waals surface area contributed by atoms with Crippen LogP contribution >= 0.6 is 22.7 Å². The van der Waals surface area contributed by atoms with Crippen LogP contribution in [0.3, 0.4) is 0 Å². The van der Waals surface area contributed by atoms with Crippen LogP contribution in [0.2, 0.25) is 0 Å². The molecule has 0 saturated carbocycles. The molecule has 0 amide bonds. The molecule has 1 N–H and O–H groups in total. The Kier molecular flexibility index (Phi) is 2.94. The standard InChI is InChI=1S/C16H10N2OS2/c19-16-18-12-8-4-7-11(14(12)21-16)15-17-13(9-20-15)10-5-2-1-3-6-10/h1-9H,(H,18,19). The first-order chi connectivity index (χ1) is 10.3. The molecule has 4 rings (SSSR count). The van der Waals surface area contributed by atoms with Gasteiger partial charge in [0.2, 0.25) is 0 Å². The van der Waals surface area contributed by atoms with E-state index < -0.39 is 0 Å². The van der Waals surface area contributed by atoms with Gasteiger partial charge in [0.15, 0.2) is 0 Å². The molecule has 2 aromatic heterocycles. The second-order valence-electron chi connectivity index (χ2n) is 4.60. The molecule has 5 heteroatoms. The van der Waals surface area contributed by atoms with Crippen LogP contribution in [0.4, 0.5) is 0 Å². The van der Waals surface area contributed by atoms with Crippen LogP contribution in [0.5, 0.6) is 0 Å². The summed E-state index contributed by atoms with van der Waals surface area (Å²) in [4.78, 5) is 19.1. The smallest absolute Gasteiger partial charge is 0.305 e. The molecule has 0 spiro atoms. The lowest BCUT2D eigenvalue weighted by Gasteiger charge is -1.98. The summed E-state index contributed by atoms with van der Waals surface area (Å²) >= 11 is 2.84. The van der Waals surface area contributed by atoms with E-state index in [-0.39, 0.29) is 4.87 Å². The maximum Gasteiger partial charge on any atom is 0.305 e. The number of rotatable bonds is 2. The van der Waals surface area contributed by atoms with Crippen molar-refractivity contribution in [3.05, 3.63) is 63.6 Å². The third-order valence-electron chi connectivity index (χ3n) is 3.25. The van der Waals surface area contributed by atoms with Gasteiger partial charge >= 0.3 is 4.87 Å². The monoisotopic (exact) mass is 310 g/mol. The summed E-state index contributed by atoms with van der Waals surface area (Å²) < 4.78 is 0.969. The molecule has 3 nitrogen and oxygen atoms in total. The zero-order valence-corrected chi connectivity index (χ0v) is 12.5. The number of benzene rings is 2. The molecule has 2 heterocycles. The van der Waals surface area contributed by atoms with Gasteiger partial charge in [0.1, 0.15) is 5.01 Å². The Bertz CT molecular complexity index is 967. The van der Waals surface area contributed by atoms with Crippen LogP contribution in [0, 0.1) is 0 Å². The van der Waals surface area contributed by atoms with E-state index >= 15 is 0 Å². The second kappa shape index (κ2) is 4.95. The van der Waals surface area contributed by atoms with Gasteiger partial charge < -0.3 is 4.98 Å². The zero-order chi connectivity index (χ0) is 14.2. The van der Waals surface area contributed by atoms with Crippen molar-refractivity contribution in [3.8, 4) is 21.8 Å². The van der Waals surface area contributed by atoms with Gasteiger partial charge in [-0.25, -0.2) is 4.98 Å². The topological polar surface area (TPSA) is 45.8 Å². The SMILES string of the molecule is O=c1[nH]c2cccc(-c3nc(-c4ccccc4)cs3)c2s1. The number of nitrogens with one attached hydrogen (secondary N) is 1. The van der Waals surface area contributed by atoms with Gasteiger partial charge in [0.25, 0.3) is 0 Å². The highest BCUT2D eigenvalue weighted by molar-refractivity contribution is 7.18. The van der Waals surface area contributed by atoms with E-state index in [0.717, 1.165) is 32.0 Å². The summed E-state index contributed by atoms with van der Waals surface area (Å²) in [5.74, 6) is 0. The molecule has 4 aromatic rings. The van der Waals surface area contributed by atoms with Crippen molar-refractivity contribution in [2.45, 2.75) is 0 Å². The van der Waals surface area contributed by atoms with Crippen molar-refractivity contribution >= 4 is 32.9 Å². The predicted octanol–water partition coefficient (Wildman–Crippen LogP) is 4.38. The molecular formula is C16H10N2OS2. The lowest BCUT2D eigenvalue weighted by molar-refractivity contribution is 1.40. The van der Waals surface area contributed by atoms with Crippen molar-refractivity contribution in [1.82, 2.24) is 9.97 Å². The van der Waals surface area contributed by atoms with Gasteiger partial charge in [-0.05, 0) is 6.07 Å². The molecule has 0 saturated heterocycles. The van der Waals surface area contributed by atoms with Crippen molar-refractivity contribution in [3.63, 3.8) is 0 Å². The van der Waals surface area contributed by atoms with Crippen molar-refractivity contribution < 1.29 is 0 Å². The molecule has 2 aromatic carbocycles. The molecule has 0 unspecified atom stereocenters. The highest BCUT2D eigenvalue weighted by Crippen LogP contribution is 2.33. The minimum atomic E-state index is -0.0303. The molecule has 0 aliphatic carbocycles. The Balaban J connectivity index is 1.87. The summed E-state index contributed by atoms with van der Waals surface area (Å²) in [5, 5.41) is 2.99. The van der Waals surface area contributed by atoms with Crippen LogP contribution in [-0.2, 0) is 0 Å². The number of hydrogen-bond acceptors (Lipinski definition) is 4. The third kappa shape index (κ3) is 2.20. The van der Waals surface area contributed by atoms with Crippen LogP contribution in [-0.4, -0.2) is 9.97 Å². The summed E-state index contributed by atoms with van der Waals surface area (Å²) in [6.07, 6.45) is 0. The summed E-state index contributed by atoms with van der Waals surface area (Å²) in [7, 11) is 0. The van der Waals surface area contributed by atoms with Gasteiger partial charge in [0, 0.05) is 16.5 Å². The fourth-order valence-corrected chi connectivity index (χ4v) is 4.06. The van der Waals surface area contributed by atoms with E-state index in [1.54, 1.807) is 11.3 Å². The van der Waals surface area contributed by atoms with E-state index in [2.05, 4.69) is 10.4 Å². The van der Waals surface area contributed by atoms with Gasteiger partial charge in [-0.15, -0.1) is 11.3 Å². The lowest BCUT2D eigenvalue weighted by Crippen LogP contribution is -1.89. The minimum absolute atomic E-state index is 0.0303. The molecular weight excluding hydrogens is 300 g/mol. The fraction of sp³-hybridized carbons (Fsp3) is 0. The van der Waals surface area contributed by atoms with Gasteiger partial charge in [-0.3, -0.25) is 4.79 Å². The van der Waals surface area contributed by atoms with Crippen molar-refractivity contribution in [2.75, 3.05) is 0 Å². The Hall–Kier alpha value is -2.24. The number of nitrogens with zero attached hydrogens (tertiary/aromatic N) is 1. The average Bonchev–Trinajstić information content (AvgIpc) is 3.13. The Morgan fingerprint density at radius 2 is 1.86 bits per heavy atom. The third-order valence-corrected chi connectivity index (χ3v) is 5.06. The Labute approximate surface area is 128 Å². The fourth-order valence-electron chi connectivity index (χ4n) is 2.28. The number of aromatic amines is 1. The number of thiazole rings is 2. The molecule has 0 aliphatic heterocycles. The summed E-state index contributed by atoms with van der Waals surface area (Å²) in [6, 6.07) is 16.0. The van der Waals surface area contributed by atoms with E-state index in [0.29, 0.717) is 0 Å². The highest BCUT2D eigenvalue weighted by Gasteiger charge is 2.11. The first kappa shape index (κ1) is 12.5. The number of aromatic nitrogens is 2. The predicted molar refractivity (Wildman–Crippen MR) is 89.0 cm³/mol. The van der Waals surface area contributed by atoms with E-state index in [1.807, 2.05) is 48.5 Å². The molecule has 21 heavy (non-hydrogen) atoms. The van der Waals surface area contributed by atoms with E-state index in [9.17, 15) is 4.79 Å². The van der Waals surface area contributed by atoms with Crippen molar-refractivity contribution in [2.24, 2.45) is 0 Å². The van der Waals surface area contributed by atoms with E-state index in [1.165, 1.54) is 11.3 Å². The molecule has 0 bridgehead atoms. The van der Waals surface area contributed by atoms with Crippen molar-refractivity contribution in [1.29, 1.82) is 0 Å². The second-order valence-corrected chi connectivity index (χ2v) is 6.44. The zero-order valence-electron chi connectivity index (χ0n) is 10.9. The van der Waals surface area contributed by atoms with Crippen LogP contribution in [0.1, 0.15) is 0 Å². The Morgan fingerprint density at radius 3 is 2.71 bits per heavy atom. The summed E-state index contributed by atoms with van der Waals surface area (Å²) in [6.45, 7) is 0. The quantitative estimate of drug-likeness (QED) is 0.597. The molecule has 102 valence electrons. The van der Waals surface area contributed by atoms with Crippen LogP contribution in [0.25, 0.3) is 32.0 Å². The largest absolute Gasteiger partial charge is 0.312 e. The normalized spacial score (nSPS) is 11.0. The number of H-pyrrole nitrogens is 1. The first-order valence-corrected chi connectivity index (χ1v) is 8.14. The number of fused-ring (bicyclic) bond motifs is 1. The molecule has 0 fully saturated rings. The molecule has 0 atom stereocenters. The van der Waals surface area contributed by atoms with Gasteiger partial charge in [0.05, 0.1) is 15.9 Å². The van der Waals surface area contributed by atoms with Crippen LogP contribution < -0.4 is 4.87 Å². The van der Waals surface area contributed by atoms with E-state index in [4.69, 9.17) is 4.98 Å². The highest BCUT2D eigenvalue weighted by atomic mass is 32.1. The van der Waals surface area contributed by atoms with Gasteiger partial charge in [-0.1, -0.05) is 53.8 Å².